The fourth-order valence-electron chi connectivity index (χ4n) is 2.64. The molecular formula is C18H21N3O3. The van der Waals surface area contributed by atoms with Gasteiger partial charge in [0.05, 0.1) is 12.2 Å². The summed E-state index contributed by atoms with van der Waals surface area (Å²) in [6.07, 6.45) is 1.36. The Morgan fingerprint density at radius 2 is 2.04 bits per heavy atom. The van der Waals surface area contributed by atoms with Crippen LogP contribution >= 0.6 is 0 Å². The third-order valence-electron chi connectivity index (χ3n) is 4.01. The number of benzene rings is 1. The van der Waals surface area contributed by atoms with Gasteiger partial charge in [-0.15, -0.1) is 0 Å². The van der Waals surface area contributed by atoms with Crippen molar-refractivity contribution in [3.05, 3.63) is 64.9 Å². The van der Waals surface area contributed by atoms with Crippen molar-refractivity contribution < 1.29 is 14.3 Å². The van der Waals surface area contributed by atoms with Crippen molar-refractivity contribution in [3.63, 3.8) is 0 Å². The molecule has 1 aromatic heterocycles. The Morgan fingerprint density at radius 3 is 2.75 bits per heavy atom. The van der Waals surface area contributed by atoms with E-state index < -0.39 is 0 Å². The van der Waals surface area contributed by atoms with Gasteiger partial charge in [-0.3, -0.25) is 9.48 Å². The summed E-state index contributed by atoms with van der Waals surface area (Å²) in [7, 11) is 0. The van der Waals surface area contributed by atoms with E-state index in [0.29, 0.717) is 26.3 Å². The van der Waals surface area contributed by atoms with Crippen LogP contribution in [0.25, 0.3) is 0 Å². The SMILES string of the molecule is Cc1nn(Cc2ccccc2)c(C)c1CNC(=O)C1=COCCO1. The number of rotatable bonds is 5. The molecule has 0 spiro atoms. The summed E-state index contributed by atoms with van der Waals surface area (Å²) in [5.41, 5.74) is 4.18. The molecule has 1 amide bonds. The van der Waals surface area contributed by atoms with Crippen LogP contribution in [0.3, 0.4) is 0 Å². The van der Waals surface area contributed by atoms with Gasteiger partial charge < -0.3 is 14.8 Å². The normalized spacial score (nSPS) is 13.7. The molecule has 1 aromatic carbocycles. The predicted molar refractivity (Wildman–Crippen MR) is 89.1 cm³/mol. The van der Waals surface area contributed by atoms with E-state index in [1.54, 1.807) is 0 Å². The molecule has 6 nitrogen and oxygen atoms in total. The number of hydrogen-bond donors (Lipinski definition) is 1. The van der Waals surface area contributed by atoms with Gasteiger partial charge in [-0.25, -0.2) is 0 Å². The third-order valence-corrected chi connectivity index (χ3v) is 4.01. The molecule has 0 saturated heterocycles. The fourth-order valence-corrected chi connectivity index (χ4v) is 2.64. The number of nitrogens with one attached hydrogen (secondary N) is 1. The number of carbonyl (C=O) groups excluding carboxylic acids is 1. The summed E-state index contributed by atoms with van der Waals surface area (Å²) in [4.78, 5) is 12.1. The Hall–Kier alpha value is -2.76. The lowest BCUT2D eigenvalue weighted by atomic mass is 10.2. The number of hydrogen-bond acceptors (Lipinski definition) is 4. The van der Waals surface area contributed by atoms with E-state index in [1.165, 1.54) is 11.8 Å². The largest absolute Gasteiger partial charge is 0.494 e. The average Bonchev–Trinajstić information content (AvgIpc) is 2.88. The first kappa shape index (κ1) is 16.1. The second-order valence-electron chi connectivity index (χ2n) is 5.68. The number of carbonyl (C=O) groups is 1. The molecule has 3 rings (SSSR count). The van der Waals surface area contributed by atoms with Gasteiger partial charge in [-0.2, -0.15) is 5.10 Å². The van der Waals surface area contributed by atoms with Crippen molar-refractivity contribution in [1.82, 2.24) is 15.1 Å². The monoisotopic (exact) mass is 327 g/mol. The Bertz CT molecular complexity index is 750. The van der Waals surface area contributed by atoms with Gasteiger partial charge in [0.25, 0.3) is 5.91 Å². The maximum atomic E-state index is 12.1. The molecule has 1 aliphatic heterocycles. The van der Waals surface area contributed by atoms with Crippen LogP contribution in [0.1, 0.15) is 22.5 Å². The summed E-state index contributed by atoms with van der Waals surface area (Å²) in [5, 5.41) is 7.45. The van der Waals surface area contributed by atoms with Gasteiger partial charge in [0.2, 0.25) is 5.76 Å². The molecule has 1 N–H and O–H groups in total. The summed E-state index contributed by atoms with van der Waals surface area (Å²) >= 11 is 0. The van der Waals surface area contributed by atoms with Crippen LogP contribution in [0.5, 0.6) is 0 Å². The second kappa shape index (κ2) is 7.21. The Kier molecular flexibility index (Phi) is 4.84. The van der Waals surface area contributed by atoms with E-state index in [-0.39, 0.29) is 11.7 Å². The minimum atomic E-state index is -0.274. The molecule has 0 saturated carbocycles. The zero-order valence-corrected chi connectivity index (χ0v) is 13.9. The first-order valence-corrected chi connectivity index (χ1v) is 7.94. The lowest BCUT2D eigenvalue weighted by Gasteiger charge is -2.15. The van der Waals surface area contributed by atoms with Crippen LogP contribution in [0.15, 0.2) is 42.4 Å². The first-order chi connectivity index (χ1) is 11.6. The highest BCUT2D eigenvalue weighted by Gasteiger charge is 2.17. The van der Waals surface area contributed by atoms with E-state index >= 15 is 0 Å². The molecule has 0 bridgehead atoms. The average molecular weight is 327 g/mol. The van der Waals surface area contributed by atoms with Gasteiger partial charge in [-0.05, 0) is 19.4 Å². The van der Waals surface area contributed by atoms with Crippen LogP contribution < -0.4 is 5.32 Å². The topological polar surface area (TPSA) is 65.4 Å². The summed E-state index contributed by atoms with van der Waals surface area (Å²) in [6, 6.07) is 10.2. The van der Waals surface area contributed by atoms with E-state index in [4.69, 9.17) is 9.47 Å². The lowest BCUT2D eigenvalue weighted by Crippen LogP contribution is -2.28. The predicted octanol–water partition coefficient (Wildman–Crippen LogP) is 2.05. The molecule has 1 aliphatic rings. The molecule has 0 fully saturated rings. The van der Waals surface area contributed by atoms with Crippen molar-refractivity contribution in [2.24, 2.45) is 0 Å². The van der Waals surface area contributed by atoms with Gasteiger partial charge in [0.1, 0.15) is 19.5 Å². The van der Waals surface area contributed by atoms with Crippen LogP contribution in [0.2, 0.25) is 0 Å². The molecule has 0 radical (unpaired) electrons. The molecule has 2 aromatic rings. The first-order valence-electron chi connectivity index (χ1n) is 7.94. The van der Waals surface area contributed by atoms with E-state index in [2.05, 4.69) is 22.5 Å². The molecule has 126 valence electrons. The van der Waals surface area contributed by atoms with Gasteiger partial charge in [-0.1, -0.05) is 30.3 Å². The summed E-state index contributed by atoms with van der Waals surface area (Å²) in [6.45, 7) is 5.96. The molecule has 6 heteroatoms. The van der Waals surface area contributed by atoms with Crippen molar-refractivity contribution in [2.45, 2.75) is 26.9 Å². The highest BCUT2D eigenvalue weighted by Crippen LogP contribution is 2.15. The molecule has 2 heterocycles. The van der Waals surface area contributed by atoms with Crippen LogP contribution in [-0.4, -0.2) is 28.9 Å². The minimum Gasteiger partial charge on any atom is -0.494 e. The molecule has 0 unspecified atom stereocenters. The van der Waals surface area contributed by atoms with Gasteiger partial charge in [0.15, 0.2) is 0 Å². The quantitative estimate of drug-likeness (QED) is 0.913. The van der Waals surface area contributed by atoms with E-state index in [9.17, 15) is 4.79 Å². The van der Waals surface area contributed by atoms with Crippen molar-refractivity contribution >= 4 is 5.91 Å². The highest BCUT2D eigenvalue weighted by atomic mass is 16.6. The highest BCUT2D eigenvalue weighted by molar-refractivity contribution is 5.91. The van der Waals surface area contributed by atoms with E-state index in [1.807, 2.05) is 36.7 Å². The number of aryl methyl sites for hydroxylation is 1. The Morgan fingerprint density at radius 1 is 1.25 bits per heavy atom. The third kappa shape index (κ3) is 3.59. The lowest BCUT2D eigenvalue weighted by molar-refractivity contribution is -0.122. The van der Waals surface area contributed by atoms with Gasteiger partial charge >= 0.3 is 0 Å². The molecule has 24 heavy (non-hydrogen) atoms. The number of ether oxygens (including phenoxy) is 2. The fraction of sp³-hybridized carbons (Fsp3) is 0.333. The van der Waals surface area contributed by atoms with Crippen LogP contribution in [0, 0.1) is 13.8 Å². The Labute approximate surface area is 141 Å². The molecule has 0 aliphatic carbocycles. The van der Waals surface area contributed by atoms with Crippen molar-refractivity contribution in [3.8, 4) is 0 Å². The van der Waals surface area contributed by atoms with Crippen LogP contribution in [-0.2, 0) is 27.4 Å². The standard InChI is InChI=1S/C18H21N3O3/c1-13-16(10-19-18(22)17-12-23-8-9-24-17)14(2)21(20-13)11-15-6-4-3-5-7-15/h3-7,12H,8-11H2,1-2H3,(H,19,22). The summed E-state index contributed by atoms with van der Waals surface area (Å²) < 4.78 is 12.3. The zero-order chi connectivity index (χ0) is 16.9. The Balaban J connectivity index is 1.68. The van der Waals surface area contributed by atoms with E-state index in [0.717, 1.165) is 17.0 Å². The number of aromatic nitrogens is 2. The van der Waals surface area contributed by atoms with Crippen molar-refractivity contribution in [1.29, 1.82) is 0 Å². The smallest absolute Gasteiger partial charge is 0.289 e. The van der Waals surface area contributed by atoms with Gasteiger partial charge in [0, 0.05) is 17.8 Å². The maximum Gasteiger partial charge on any atom is 0.289 e. The molecule has 0 atom stereocenters. The number of nitrogens with zero attached hydrogens (tertiary/aromatic N) is 2. The van der Waals surface area contributed by atoms with Crippen LogP contribution in [0.4, 0.5) is 0 Å². The second-order valence-corrected chi connectivity index (χ2v) is 5.68. The van der Waals surface area contributed by atoms with Crippen molar-refractivity contribution in [2.75, 3.05) is 13.2 Å². The maximum absolute atomic E-state index is 12.1. The zero-order valence-electron chi connectivity index (χ0n) is 13.9. The molecular weight excluding hydrogens is 306 g/mol. The minimum absolute atomic E-state index is 0.216. The number of amides is 1. The summed E-state index contributed by atoms with van der Waals surface area (Å²) in [5.74, 6) is -0.0578.